The molecule has 2 N–H and O–H groups in total. The maximum Gasteiger partial charge on any atom is 0.274 e. The molecule has 5 rings (SSSR count). The van der Waals surface area contributed by atoms with E-state index in [1.54, 1.807) is 0 Å². The molecule has 38 heavy (non-hydrogen) atoms. The summed E-state index contributed by atoms with van der Waals surface area (Å²) in [6.45, 7) is 1.76. The smallest absolute Gasteiger partial charge is 0.274 e. The van der Waals surface area contributed by atoms with Crippen molar-refractivity contribution in [1.29, 1.82) is 0 Å². The first-order valence-electron chi connectivity index (χ1n) is 12.1. The van der Waals surface area contributed by atoms with Gasteiger partial charge in [0.2, 0.25) is 5.43 Å². The summed E-state index contributed by atoms with van der Waals surface area (Å²) in [4.78, 5) is 40.8. The molecule has 2 amide bonds. The van der Waals surface area contributed by atoms with Crippen molar-refractivity contribution in [2.45, 2.75) is 50.3 Å². The maximum absolute atomic E-state index is 14.0. The maximum atomic E-state index is 14.0. The van der Waals surface area contributed by atoms with Crippen molar-refractivity contribution in [2.75, 3.05) is 26.9 Å². The fourth-order valence-corrected chi connectivity index (χ4v) is 5.36. The van der Waals surface area contributed by atoms with Gasteiger partial charge in [-0.05, 0) is 13.3 Å². The van der Waals surface area contributed by atoms with Crippen molar-refractivity contribution in [3.05, 3.63) is 62.8 Å². The van der Waals surface area contributed by atoms with Crippen molar-refractivity contribution in [3.63, 3.8) is 0 Å². The number of ether oxygens (including phenoxy) is 3. The Hall–Kier alpha value is -3.42. The van der Waals surface area contributed by atoms with Crippen LogP contribution in [0.15, 0.2) is 23.1 Å². The summed E-state index contributed by atoms with van der Waals surface area (Å²) >= 11 is 0. The number of aromatic hydroxyl groups is 1. The molecule has 0 aliphatic carbocycles. The van der Waals surface area contributed by atoms with Crippen LogP contribution in [-0.2, 0) is 20.8 Å². The third-order valence-corrected chi connectivity index (χ3v) is 7.34. The summed E-state index contributed by atoms with van der Waals surface area (Å²) in [6.07, 6.45) is 1.64. The number of fused-ring (bicyclic) bond motifs is 5. The number of amides is 2. The number of rotatable bonds is 5. The number of aromatic nitrogens is 1. The van der Waals surface area contributed by atoms with Crippen molar-refractivity contribution >= 4 is 11.8 Å². The van der Waals surface area contributed by atoms with E-state index in [1.807, 2.05) is 6.92 Å². The molecule has 3 aliphatic rings. The van der Waals surface area contributed by atoms with E-state index in [9.17, 15) is 32.7 Å². The van der Waals surface area contributed by atoms with Crippen molar-refractivity contribution in [2.24, 2.45) is 0 Å². The van der Waals surface area contributed by atoms with Crippen LogP contribution in [0.25, 0.3) is 0 Å². The van der Waals surface area contributed by atoms with Gasteiger partial charge in [0.1, 0.15) is 35.2 Å². The van der Waals surface area contributed by atoms with E-state index in [2.05, 4.69) is 5.32 Å². The second-order valence-corrected chi connectivity index (χ2v) is 9.69. The Bertz CT molecular complexity index is 1340. The van der Waals surface area contributed by atoms with Crippen LogP contribution in [0.1, 0.15) is 52.2 Å². The lowest BCUT2D eigenvalue weighted by Crippen LogP contribution is -2.53. The zero-order chi connectivity index (χ0) is 27.4. The molecule has 0 saturated carbocycles. The Morgan fingerprint density at radius 2 is 1.97 bits per heavy atom. The van der Waals surface area contributed by atoms with Gasteiger partial charge in [-0.15, -0.1) is 0 Å². The molecule has 2 fully saturated rings. The van der Waals surface area contributed by atoms with Crippen LogP contribution in [0.3, 0.4) is 0 Å². The fraction of sp³-hybridized carbons (Fsp3) is 0.480. The van der Waals surface area contributed by atoms with E-state index < -0.39 is 69.9 Å². The molecule has 1 aromatic heterocycles. The minimum Gasteiger partial charge on any atom is -0.503 e. The molecule has 2 saturated heterocycles. The number of benzene rings is 1. The van der Waals surface area contributed by atoms with Gasteiger partial charge < -0.3 is 34.1 Å². The summed E-state index contributed by atoms with van der Waals surface area (Å²) in [5, 5.41) is 13.0. The first kappa shape index (κ1) is 26.2. The Balaban J connectivity index is 1.53. The second-order valence-electron chi connectivity index (χ2n) is 9.69. The average Bonchev–Trinajstić information content (AvgIpc) is 3.22. The van der Waals surface area contributed by atoms with Crippen molar-refractivity contribution in [1.82, 2.24) is 14.8 Å². The van der Waals surface area contributed by atoms with Crippen molar-refractivity contribution in [3.8, 4) is 5.75 Å². The summed E-state index contributed by atoms with van der Waals surface area (Å²) < 4.78 is 60.2. The second kappa shape index (κ2) is 9.71. The highest BCUT2D eigenvalue weighted by atomic mass is 19.1. The number of nitrogens with one attached hydrogen (secondary N) is 1. The summed E-state index contributed by atoms with van der Waals surface area (Å²) in [5.74, 6) is -7.36. The molecule has 1 spiro atoms. The normalized spacial score (nSPS) is 26.4. The van der Waals surface area contributed by atoms with E-state index in [0.29, 0.717) is 25.0 Å². The molecule has 0 unspecified atom stereocenters. The van der Waals surface area contributed by atoms with Gasteiger partial charge in [0.15, 0.2) is 17.2 Å². The van der Waals surface area contributed by atoms with Crippen LogP contribution in [0.2, 0.25) is 0 Å². The highest BCUT2D eigenvalue weighted by molar-refractivity contribution is 5.99. The number of carbonyl (C=O) groups excluding carboxylic acids is 2. The lowest BCUT2D eigenvalue weighted by Gasteiger charge is -2.42. The van der Waals surface area contributed by atoms with Crippen LogP contribution in [0, 0.1) is 17.5 Å². The first-order chi connectivity index (χ1) is 18.1. The molecular formula is C25H26F3N3O7. The largest absolute Gasteiger partial charge is 0.503 e. The molecule has 1 aromatic carbocycles. The number of carbonyl (C=O) groups is 2. The zero-order valence-corrected chi connectivity index (χ0v) is 20.6. The molecule has 204 valence electrons. The SMILES string of the molecule is COC[C@@H]1CO[C@@]2(CC[C@H](C)N3C[C@H]2n2cc(C(=O)NCc4c(F)cc(F)cc4F)c(=O)c(O)c2C3=O)O1. The Labute approximate surface area is 214 Å². The van der Waals surface area contributed by atoms with E-state index in [-0.39, 0.29) is 37.6 Å². The van der Waals surface area contributed by atoms with Crippen LogP contribution in [0.4, 0.5) is 13.2 Å². The minimum absolute atomic E-state index is 0.127. The van der Waals surface area contributed by atoms with E-state index >= 15 is 0 Å². The standard InChI is InChI=1S/C25H26F3N3O7/c1-12-3-4-25(37-11-14(38-25)10-36-2)19-9-30(12)24(35)20-22(33)21(32)16(8-31(19)20)23(34)29-7-15-17(27)5-13(26)6-18(15)28/h5-6,8,12,14,19,33H,3-4,7,9-11H2,1-2H3,(H,29,34)/t12-,14+,19+,25-/m0/s1. The number of hydrogen-bond donors (Lipinski definition) is 2. The molecule has 3 aliphatic heterocycles. The van der Waals surface area contributed by atoms with Gasteiger partial charge in [-0.2, -0.15) is 0 Å². The third-order valence-electron chi connectivity index (χ3n) is 7.34. The average molecular weight is 537 g/mol. The number of hydrogen-bond acceptors (Lipinski definition) is 7. The first-order valence-corrected chi connectivity index (χ1v) is 12.1. The van der Waals surface area contributed by atoms with E-state index in [1.165, 1.54) is 16.6 Å². The van der Waals surface area contributed by atoms with Gasteiger partial charge in [0, 0.05) is 56.6 Å². The predicted molar refractivity (Wildman–Crippen MR) is 124 cm³/mol. The van der Waals surface area contributed by atoms with Crippen LogP contribution in [0.5, 0.6) is 5.75 Å². The number of methoxy groups -OCH3 is 1. The predicted octanol–water partition coefficient (Wildman–Crippen LogP) is 1.84. The van der Waals surface area contributed by atoms with Crippen LogP contribution < -0.4 is 10.7 Å². The van der Waals surface area contributed by atoms with Gasteiger partial charge in [-0.25, -0.2) is 13.2 Å². The Morgan fingerprint density at radius 3 is 2.66 bits per heavy atom. The topological polar surface area (TPSA) is 119 Å². The molecule has 4 atom stereocenters. The number of pyridine rings is 1. The molecule has 2 bridgehead atoms. The lowest BCUT2D eigenvalue weighted by molar-refractivity contribution is -0.205. The summed E-state index contributed by atoms with van der Waals surface area (Å²) in [6, 6.07) is -0.0456. The molecule has 2 aromatic rings. The Kier molecular flexibility index (Phi) is 6.70. The number of nitrogens with zero attached hydrogens (tertiary/aromatic N) is 2. The van der Waals surface area contributed by atoms with Crippen LogP contribution in [-0.4, -0.2) is 71.2 Å². The molecule has 10 nitrogen and oxygen atoms in total. The monoisotopic (exact) mass is 537 g/mol. The van der Waals surface area contributed by atoms with E-state index in [4.69, 9.17) is 14.2 Å². The van der Waals surface area contributed by atoms with E-state index in [0.717, 1.165) is 6.20 Å². The zero-order valence-electron chi connectivity index (χ0n) is 20.6. The van der Waals surface area contributed by atoms with Gasteiger partial charge in [0.05, 0.1) is 13.2 Å². The quantitative estimate of drug-likeness (QED) is 0.598. The Morgan fingerprint density at radius 1 is 1.26 bits per heavy atom. The van der Waals surface area contributed by atoms with Gasteiger partial charge in [-0.3, -0.25) is 14.4 Å². The number of halogens is 3. The summed E-state index contributed by atoms with van der Waals surface area (Å²) in [5.41, 5.74) is -2.61. The highest BCUT2D eigenvalue weighted by Gasteiger charge is 2.55. The molecule has 4 heterocycles. The lowest BCUT2D eigenvalue weighted by atomic mass is 9.99. The van der Waals surface area contributed by atoms with Gasteiger partial charge in [-0.1, -0.05) is 0 Å². The van der Waals surface area contributed by atoms with Gasteiger partial charge in [0.25, 0.3) is 11.8 Å². The highest BCUT2D eigenvalue weighted by Crippen LogP contribution is 2.45. The fourth-order valence-electron chi connectivity index (χ4n) is 5.36. The minimum atomic E-state index is -1.22. The molecular weight excluding hydrogens is 511 g/mol. The molecule has 0 radical (unpaired) electrons. The van der Waals surface area contributed by atoms with Crippen molar-refractivity contribution < 1.29 is 42.1 Å². The summed E-state index contributed by atoms with van der Waals surface area (Å²) in [7, 11) is 1.52. The molecule has 13 heteroatoms. The third kappa shape index (κ3) is 4.24. The van der Waals surface area contributed by atoms with Crippen LogP contribution >= 0.6 is 0 Å². The van der Waals surface area contributed by atoms with Gasteiger partial charge >= 0.3 is 0 Å².